The van der Waals surface area contributed by atoms with Gasteiger partial charge in [-0.05, 0) is 81.6 Å². The number of nitrogens with zero attached hydrogens (tertiary/aromatic N) is 3. The molecule has 2 aliphatic rings. The van der Waals surface area contributed by atoms with E-state index in [0.29, 0.717) is 17.5 Å². The van der Waals surface area contributed by atoms with Gasteiger partial charge in [-0.3, -0.25) is 0 Å². The van der Waals surface area contributed by atoms with Crippen molar-refractivity contribution in [3.05, 3.63) is 175 Å². The highest BCUT2D eigenvalue weighted by Crippen LogP contribution is 2.58. The molecule has 1 saturated carbocycles. The lowest BCUT2D eigenvalue weighted by molar-refractivity contribution is 0.353. The third-order valence-corrected chi connectivity index (χ3v) is 11.9. The fraction of sp³-hybridized carbons (Fsp3) is 0.118. The Labute approximate surface area is 320 Å². The third kappa shape index (κ3) is 5.24. The summed E-state index contributed by atoms with van der Waals surface area (Å²) in [6.45, 7) is 0. The quantitative estimate of drug-likeness (QED) is 0.179. The smallest absolute Gasteiger partial charge is 0.164 e. The number of hydrogen-bond donors (Lipinski definition) is 0. The molecule has 0 bridgehead atoms. The Bertz CT molecular complexity index is 2900. The molecule has 0 amide bonds. The predicted molar refractivity (Wildman–Crippen MR) is 224 cm³/mol. The van der Waals surface area contributed by atoms with Gasteiger partial charge in [-0.15, -0.1) is 0 Å². The van der Waals surface area contributed by atoms with Crippen molar-refractivity contribution in [3.8, 4) is 67.5 Å². The predicted octanol–water partition coefficient (Wildman–Crippen LogP) is 13.3. The summed E-state index contributed by atoms with van der Waals surface area (Å²) in [5, 5.41) is 2.17. The topological polar surface area (TPSA) is 51.8 Å². The number of furan rings is 1. The molecular formula is C51H37N3O. The molecule has 0 saturated heterocycles. The highest BCUT2D eigenvalue weighted by atomic mass is 16.3. The van der Waals surface area contributed by atoms with Crippen molar-refractivity contribution in [2.75, 3.05) is 0 Å². The van der Waals surface area contributed by atoms with Crippen LogP contribution in [0.3, 0.4) is 0 Å². The van der Waals surface area contributed by atoms with E-state index >= 15 is 0 Å². The van der Waals surface area contributed by atoms with Gasteiger partial charge >= 0.3 is 0 Å². The number of fused-ring (bicyclic) bond motifs is 8. The molecule has 9 aromatic rings. The summed E-state index contributed by atoms with van der Waals surface area (Å²) in [4.78, 5) is 15.5. The zero-order valence-electron chi connectivity index (χ0n) is 30.4. The van der Waals surface area contributed by atoms with Gasteiger partial charge in [-0.1, -0.05) is 159 Å². The minimum absolute atomic E-state index is 0.0471. The zero-order valence-corrected chi connectivity index (χ0v) is 30.4. The number of aromatic nitrogens is 3. The molecule has 0 N–H and O–H groups in total. The molecule has 262 valence electrons. The van der Waals surface area contributed by atoms with Crippen LogP contribution in [-0.2, 0) is 5.41 Å². The summed E-state index contributed by atoms with van der Waals surface area (Å²) in [7, 11) is 0. The van der Waals surface area contributed by atoms with Gasteiger partial charge in [-0.2, -0.15) is 0 Å². The van der Waals surface area contributed by atoms with Gasteiger partial charge in [0.25, 0.3) is 0 Å². The lowest BCUT2D eigenvalue weighted by Gasteiger charge is -2.37. The Morgan fingerprint density at radius 1 is 0.382 bits per heavy atom. The molecule has 2 aliphatic carbocycles. The number of benzene rings is 7. The summed E-state index contributed by atoms with van der Waals surface area (Å²) < 4.78 is 6.30. The Morgan fingerprint density at radius 2 is 0.945 bits per heavy atom. The zero-order chi connectivity index (χ0) is 36.3. The van der Waals surface area contributed by atoms with Crippen LogP contribution in [-0.4, -0.2) is 15.0 Å². The molecule has 2 heterocycles. The van der Waals surface area contributed by atoms with Crippen molar-refractivity contribution >= 4 is 21.9 Å². The molecule has 2 aromatic heterocycles. The second-order valence-corrected chi connectivity index (χ2v) is 15.1. The highest BCUT2D eigenvalue weighted by Gasteiger charge is 2.45. The largest absolute Gasteiger partial charge is 0.456 e. The van der Waals surface area contributed by atoms with Crippen molar-refractivity contribution in [2.45, 2.75) is 37.5 Å². The van der Waals surface area contributed by atoms with Crippen molar-refractivity contribution in [1.29, 1.82) is 0 Å². The molecule has 55 heavy (non-hydrogen) atoms. The summed E-state index contributed by atoms with van der Waals surface area (Å²) >= 11 is 0. The van der Waals surface area contributed by atoms with Crippen LogP contribution in [0.5, 0.6) is 0 Å². The minimum Gasteiger partial charge on any atom is -0.456 e. The van der Waals surface area contributed by atoms with Crippen molar-refractivity contribution < 1.29 is 4.42 Å². The SMILES string of the molecule is c1ccc(-c2ccc(-c3nc(-c4cccc(-c5cccc6c5C5(CCCCC5)c5ccccc5-6)c4)nc(-c4ccc5c(c4)oc4ccccc45)n3)cc2)cc1. The van der Waals surface area contributed by atoms with Gasteiger partial charge in [0.2, 0.25) is 0 Å². The molecule has 0 radical (unpaired) electrons. The van der Waals surface area contributed by atoms with Crippen LogP contribution in [0.1, 0.15) is 43.2 Å². The molecule has 0 unspecified atom stereocenters. The summed E-state index contributed by atoms with van der Waals surface area (Å²) in [5.74, 6) is 1.88. The highest BCUT2D eigenvalue weighted by molar-refractivity contribution is 6.05. The first kappa shape index (κ1) is 31.8. The van der Waals surface area contributed by atoms with Gasteiger partial charge in [0, 0.05) is 32.9 Å². The normalized spacial score (nSPS) is 14.3. The first-order chi connectivity index (χ1) is 27.2. The van der Waals surface area contributed by atoms with E-state index < -0.39 is 0 Å². The number of hydrogen-bond acceptors (Lipinski definition) is 4. The molecule has 0 aliphatic heterocycles. The summed E-state index contributed by atoms with van der Waals surface area (Å²) in [5.41, 5.74) is 15.1. The van der Waals surface area contributed by atoms with E-state index in [1.165, 1.54) is 71.0 Å². The molecule has 4 nitrogen and oxygen atoms in total. The maximum absolute atomic E-state index is 6.30. The summed E-state index contributed by atoms with van der Waals surface area (Å²) in [6.07, 6.45) is 6.19. The Hall–Kier alpha value is -6.65. The number of rotatable bonds is 5. The van der Waals surface area contributed by atoms with Gasteiger partial charge in [0.15, 0.2) is 17.5 Å². The maximum atomic E-state index is 6.30. The van der Waals surface area contributed by atoms with E-state index in [9.17, 15) is 0 Å². The van der Waals surface area contributed by atoms with E-state index in [2.05, 4.69) is 140 Å². The van der Waals surface area contributed by atoms with Gasteiger partial charge in [0.05, 0.1) is 0 Å². The Kier molecular flexibility index (Phi) is 7.38. The van der Waals surface area contributed by atoms with Crippen LogP contribution in [0.25, 0.3) is 89.5 Å². The van der Waals surface area contributed by atoms with Crippen LogP contribution in [0.2, 0.25) is 0 Å². The molecule has 1 fully saturated rings. The van der Waals surface area contributed by atoms with Crippen LogP contribution in [0.4, 0.5) is 0 Å². The molecule has 0 atom stereocenters. The average Bonchev–Trinajstić information content (AvgIpc) is 3.77. The standard InChI is InChI=1S/C51H37N3O/c1-3-13-33(14-4-1)34-23-25-35(26-24-34)48-52-49(54-50(53-48)38-27-28-42-41-18-6-8-22-45(41)55-46(42)32-38)37-16-11-15-36(31-37)39-19-12-20-43-40-17-5-7-21-44(40)51(47(39)43)29-9-2-10-30-51/h1,3-8,11-28,31-32H,2,9-10,29-30H2. The number of para-hydroxylation sites is 1. The van der Waals surface area contributed by atoms with Crippen molar-refractivity contribution in [1.82, 2.24) is 15.0 Å². The summed E-state index contributed by atoms with van der Waals surface area (Å²) in [6, 6.07) is 58.2. The maximum Gasteiger partial charge on any atom is 0.164 e. The average molecular weight is 708 g/mol. The van der Waals surface area contributed by atoms with Crippen LogP contribution >= 0.6 is 0 Å². The molecule has 11 rings (SSSR count). The molecule has 1 spiro atoms. The molecular weight excluding hydrogens is 671 g/mol. The minimum atomic E-state index is 0.0471. The molecule has 7 aromatic carbocycles. The second-order valence-electron chi connectivity index (χ2n) is 15.1. The molecule has 4 heteroatoms. The fourth-order valence-electron chi connectivity index (χ4n) is 9.37. The van der Waals surface area contributed by atoms with Crippen LogP contribution in [0, 0.1) is 0 Å². The van der Waals surface area contributed by atoms with E-state index in [-0.39, 0.29) is 5.41 Å². The van der Waals surface area contributed by atoms with Crippen molar-refractivity contribution in [2.24, 2.45) is 0 Å². The van der Waals surface area contributed by atoms with E-state index in [4.69, 9.17) is 19.4 Å². The fourth-order valence-corrected chi connectivity index (χ4v) is 9.37. The van der Waals surface area contributed by atoms with Gasteiger partial charge < -0.3 is 4.42 Å². The first-order valence-electron chi connectivity index (χ1n) is 19.4. The monoisotopic (exact) mass is 707 g/mol. The first-order valence-corrected chi connectivity index (χ1v) is 19.4. The van der Waals surface area contributed by atoms with Crippen LogP contribution in [0.15, 0.2) is 168 Å². The second kappa shape index (κ2) is 12.7. The van der Waals surface area contributed by atoms with E-state index in [1.807, 2.05) is 24.3 Å². The van der Waals surface area contributed by atoms with Gasteiger partial charge in [0.1, 0.15) is 11.2 Å². The lowest BCUT2D eigenvalue weighted by Crippen LogP contribution is -2.28. The van der Waals surface area contributed by atoms with Crippen molar-refractivity contribution in [3.63, 3.8) is 0 Å². The van der Waals surface area contributed by atoms with E-state index in [1.54, 1.807) is 0 Å². The van der Waals surface area contributed by atoms with Crippen LogP contribution < -0.4 is 0 Å². The van der Waals surface area contributed by atoms with E-state index in [0.717, 1.165) is 44.2 Å². The Balaban J connectivity index is 1.06. The Morgan fingerprint density at radius 3 is 1.78 bits per heavy atom. The lowest BCUT2D eigenvalue weighted by atomic mass is 9.66. The van der Waals surface area contributed by atoms with Gasteiger partial charge in [-0.25, -0.2) is 15.0 Å². The third-order valence-electron chi connectivity index (χ3n) is 11.9.